The lowest BCUT2D eigenvalue weighted by Gasteiger charge is -2.29. The summed E-state index contributed by atoms with van der Waals surface area (Å²) in [4.78, 5) is 3.30. The molecule has 3 rings (SSSR count). The highest BCUT2D eigenvalue weighted by Crippen LogP contribution is 2.34. The third kappa shape index (κ3) is 3.88. The van der Waals surface area contributed by atoms with Gasteiger partial charge in [0.05, 0.1) is 6.20 Å². The van der Waals surface area contributed by atoms with Crippen molar-refractivity contribution in [3.8, 4) is 5.75 Å². The van der Waals surface area contributed by atoms with Gasteiger partial charge < -0.3 is 4.74 Å². The molecule has 1 aliphatic heterocycles. The summed E-state index contributed by atoms with van der Waals surface area (Å²) in [5.74, 6) is 0.0841. The van der Waals surface area contributed by atoms with Crippen LogP contribution in [0.4, 0.5) is 4.39 Å². The van der Waals surface area contributed by atoms with Gasteiger partial charge in [0.15, 0.2) is 0 Å². The molecule has 1 aliphatic rings. The number of pyridine rings is 1. The molecule has 0 amide bonds. The number of halogens is 1. The second-order valence-electron chi connectivity index (χ2n) is 6.51. The summed E-state index contributed by atoms with van der Waals surface area (Å²) >= 11 is 0. The molecule has 0 aliphatic carbocycles. The lowest BCUT2D eigenvalue weighted by molar-refractivity contribution is 0.157. The van der Waals surface area contributed by atoms with Gasteiger partial charge in [-0.05, 0) is 56.2 Å². The maximum Gasteiger partial charge on any atom is 0.242 e. The molecule has 5 nitrogen and oxygen atoms in total. The molecular weight excluding hydrogens is 342 g/mol. The van der Waals surface area contributed by atoms with Crippen molar-refractivity contribution in [3.63, 3.8) is 0 Å². The van der Waals surface area contributed by atoms with Crippen molar-refractivity contribution in [1.82, 2.24) is 9.71 Å². The van der Waals surface area contributed by atoms with Gasteiger partial charge in [-0.25, -0.2) is 18.1 Å². The van der Waals surface area contributed by atoms with Crippen molar-refractivity contribution in [2.45, 2.75) is 37.8 Å². The van der Waals surface area contributed by atoms with Gasteiger partial charge in [-0.3, -0.25) is 0 Å². The molecule has 25 heavy (non-hydrogen) atoms. The molecule has 1 aromatic carbocycles. The Hall–Kier alpha value is -2.25. The van der Waals surface area contributed by atoms with E-state index in [9.17, 15) is 12.8 Å². The summed E-state index contributed by atoms with van der Waals surface area (Å²) in [7, 11) is -3.76. The number of ether oxygens (including phenoxy) is 1. The number of fused-ring (bicyclic) bond motifs is 1. The van der Waals surface area contributed by atoms with E-state index in [0.717, 1.165) is 34.7 Å². The van der Waals surface area contributed by atoms with E-state index < -0.39 is 16.0 Å². The number of aromatic nitrogens is 1. The number of benzene rings is 1. The van der Waals surface area contributed by atoms with Gasteiger partial charge in [-0.1, -0.05) is 12.1 Å². The molecule has 2 aromatic rings. The van der Waals surface area contributed by atoms with Gasteiger partial charge in [0.2, 0.25) is 16.0 Å². The molecule has 0 saturated heterocycles. The van der Waals surface area contributed by atoms with E-state index in [1.807, 2.05) is 45.1 Å². The number of nitrogens with one attached hydrogen (secondary N) is 1. The third-order valence-corrected chi connectivity index (χ3v) is 5.26. The molecule has 0 bridgehead atoms. The summed E-state index contributed by atoms with van der Waals surface area (Å²) in [6.45, 7) is 6.00. The minimum absolute atomic E-state index is 0.0754. The van der Waals surface area contributed by atoms with Gasteiger partial charge in [-0.15, -0.1) is 0 Å². The SMILES string of the molecule is Cc1cc(CNS(=O)(=O)c2ccc([18F])nc2)cc2c1OC(C)(C)C=C2. The van der Waals surface area contributed by atoms with Crippen LogP contribution in [0.1, 0.15) is 30.5 Å². The number of sulfonamides is 1. The average Bonchev–Trinajstić information content (AvgIpc) is 2.54. The van der Waals surface area contributed by atoms with Crippen molar-refractivity contribution < 1.29 is 17.5 Å². The maximum atomic E-state index is 12.8. The normalized spacial score (nSPS) is 15.5. The number of rotatable bonds is 4. The van der Waals surface area contributed by atoms with Gasteiger partial charge in [-0.2, -0.15) is 4.39 Å². The number of hydrogen-bond acceptors (Lipinski definition) is 4. The van der Waals surface area contributed by atoms with Crippen LogP contribution < -0.4 is 9.46 Å². The van der Waals surface area contributed by atoms with Crippen LogP contribution in [0.3, 0.4) is 0 Å². The van der Waals surface area contributed by atoms with E-state index in [1.54, 1.807) is 0 Å². The minimum atomic E-state index is -3.76. The second-order valence-corrected chi connectivity index (χ2v) is 8.28. The molecule has 0 saturated carbocycles. The zero-order chi connectivity index (χ0) is 18.2. The lowest BCUT2D eigenvalue weighted by Crippen LogP contribution is -2.28. The average molecular weight is 361 g/mol. The molecule has 0 spiro atoms. The van der Waals surface area contributed by atoms with E-state index >= 15 is 0 Å². The fraction of sp³-hybridized carbons (Fsp3) is 0.278. The Morgan fingerprint density at radius 3 is 2.72 bits per heavy atom. The molecule has 0 fully saturated rings. The first-order chi connectivity index (χ1) is 11.7. The summed E-state index contributed by atoms with van der Waals surface area (Å²) in [6.07, 6.45) is 4.94. The summed E-state index contributed by atoms with van der Waals surface area (Å²) in [5, 5.41) is 0. The van der Waals surface area contributed by atoms with Crippen LogP contribution in [0, 0.1) is 12.9 Å². The second kappa shape index (κ2) is 6.24. The van der Waals surface area contributed by atoms with E-state index in [-0.39, 0.29) is 17.0 Å². The topological polar surface area (TPSA) is 68.3 Å². The minimum Gasteiger partial charge on any atom is -0.483 e. The van der Waals surface area contributed by atoms with Gasteiger partial charge in [0.1, 0.15) is 16.2 Å². The number of hydrogen-bond donors (Lipinski definition) is 1. The molecule has 0 unspecified atom stereocenters. The molecule has 132 valence electrons. The highest BCUT2D eigenvalue weighted by Gasteiger charge is 2.23. The Morgan fingerprint density at radius 1 is 1.28 bits per heavy atom. The number of nitrogens with zero attached hydrogens (tertiary/aromatic N) is 1. The van der Waals surface area contributed by atoms with Crippen LogP contribution in [0.25, 0.3) is 6.08 Å². The Labute approximate surface area is 146 Å². The highest BCUT2D eigenvalue weighted by atomic mass is 32.2. The summed E-state index contributed by atoms with van der Waals surface area (Å²) < 4.78 is 45.8. The van der Waals surface area contributed by atoms with Crippen LogP contribution in [0.15, 0.2) is 41.4 Å². The van der Waals surface area contributed by atoms with Crippen LogP contribution in [0.2, 0.25) is 0 Å². The first-order valence-electron chi connectivity index (χ1n) is 7.79. The molecule has 1 aromatic heterocycles. The standard InChI is InChI=1S/C18H19FN2O3S/c1-12-8-13(9-14-6-7-18(2,3)24-17(12)14)10-21-25(22,23)15-4-5-16(19)20-11-15/h4-9,11,21H,10H2,1-3H3/i19-1. The number of aryl methyl sites for hydroxylation is 1. The van der Waals surface area contributed by atoms with Crippen molar-refractivity contribution >= 4 is 16.1 Å². The first-order valence-corrected chi connectivity index (χ1v) is 9.28. The van der Waals surface area contributed by atoms with E-state index in [1.165, 1.54) is 6.07 Å². The van der Waals surface area contributed by atoms with Crippen LogP contribution in [0.5, 0.6) is 5.75 Å². The monoisotopic (exact) mass is 361 g/mol. The molecule has 0 radical (unpaired) electrons. The van der Waals surface area contributed by atoms with Crippen molar-refractivity contribution in [2.75, 3.05) is 0 Å². The maximum absolute atomic E-state index is 12.8. The zero-order valence-electron chi connectivity index (χ0n) is 14.2. The van der Waals surface area contributed by atoms with Crippen molar-refractivity contribution in [2.24, 2.45) is 0 Å². The van der Waals surface area contributed by atoms with E-state index in [4.69, 9.17) is 4.74 Å². The zero-order valence-corrected chi connectivity index (χ0v) is 15.0. The third-order valence-electron chi connectivity index (χ3n) is 3.87. The molecule has 0 atom stereocenters. The Bertz CT molecular complexity index is 936. The van der Waals surface area contributed by atoms with Crippen LogP contribution >= 0.6 is 0 Å². The fourth-order valence-corrected chi connectivity index (χ4v) is 3.58. The summed E-state index contributed by atoms with van der Waals surface area (Å²) in [5.41, 5.74) is 2.29. The van der Waals surface area contributed by atoms with E-state index in [0.29, 0.717) is 0 Å². The Kier molecular flexibility index (Phi) is 4.38. The van der Waals surface area contributed by atoms with Gasteiger partial charge in [0.25, 0.3) is 0 Å². The van der Waals surface area contributed by atoms with Crippen molar-refractivity contribution in [3.05, 3.63) is 59.2 Å². The molecular formula is C18H19FN2O3S. The Morgan fingerprint density at radius 2 is 2.04 bits per heavy atom. The molecule has 1 N–H and O–H groups in total. The fourth-order valence-electron chi connectivity index (χ4n) is 2.61. The summed E-state index contributed by atoms with van der Waals surface area (Å²) in [6, 6.07) is 5.97. The van der Waals surface area contributed by atoms with E-state index in [2.05, 4.69) is 9.71 Å². The predicted octanol–water partition coefficient (Wildman–Crippen LogP) is 3.19. The quantitative estimate of drug-likeness (QED) is 0.849. The molecule has 7 heteroatoms. The smallest absolute Gasteiger partial charge is 0.242 e. The van der Waals surface area contributed by atoms with Crippen LogP contribution in [-0.2, 0) is 16.6 Å². The first kappa shape index (κ1) is 17.6. The van der Waals surface area contributed by atoms with Crippen LogP contribution in [-0.4, -0.2) is 19.0 Å². The largest absolute Gasteiger partial charge is 0.483 e. The van der Waals surface area contributed by atoms with Gasteiger partial charge in [0, 0.05) is 12.1 Å². The molecule has 2 heterocycles. The lowest BCUT2D eigenvalue weighted by atomic mass is 9.98. The Balaban J connectivity index is 1.80. The predicted molar refractivity (Wildman–Crippen MR) is 93.1 cm³/mol. The van der Waals surface area contributed by atoms with Gasteiger partial charge >= 0.3 is 0 Å². The van der Waals surface area contributed by atoms with Crippen molar-refractivity contribution in [1.29, 1.82) is 0 Å². The highest BCUT2D eigenvalue weighted by molar-refractivity contribution is 7.89.